The number of nitrogens with one attached hydrogen (secondary N) is 1. The molecule has 1 N–H and O–H groups in total. The lowest BCUT2D eigenvalue weighted by molar-refractivity contribution is 0.619. The van der Waals surface area contributed by atoms with Crippen molar-refractivity contribution >= 4 is 22.3 Å². The Kier molecular flexibility index (Phi) is 3.25. The zero-order chi connectivity index (χ0) is 14.8. The van der Waals surface area contributed by atoms with Gasteiger partial charge in [0.1, 0.15) is 11.9 Å². The number of halogens is 1. The maximum absolute atomic E-state index is 13.3. The van der Waals surface area contributed by atoms with E-state index in [2.05, 4.69) is 16.4 Å². The van der Waals surface area contributed by atoms with Gasteiger partial charge < -0.3 is 5.32 Å². The molecule has 0 spiro atoms. The molecule has 0 bridgehead atoms. The van der Waals surface area contributed by atoms with E-state index in [1.807, 2.05) is 24.3 Å². The summed E-state index contributed by atoms with van der Waals surface area (Å²) in [6.45, 7) is 1.70. The van der Waals surface area contributed by atoms with Gasteiger partial charge in [-0.05, 0) is 36.8 Å². The van der Waals surface area contributed by atoms with Crippen molar-refractivity contribution < 1.29 is 4.39 Å². The summed E-state index contributed by atoms with van der Waals surface area (Å²) in [5.74, 6) is -0.249. The highest BCUT2D eigenvalue weighted by Crippen LogP contribution is 2.29. The van der Waals surface area contributed by atoms with Crippen LogP contribution in [-0.2, 0) is 0 Å². The number of benzene rings is 2. The number of hydrogen-bond donors (Lipinski definition) is 1. The molecule has 0 aliphatic carbocycles. The van der Waals surface area contributed by atoms with Crippen LogP contribution >= 0.6 is 0 Å². The number of pyridine rings is 1. The molecule has 3 rings (SSSR count). The third-order valence-electron chi connectivity index (χ3n) is 3.32. The van der Waals surface area contributed by atoms with Crippen LogP contribution < -0.4 is 5.32 Å². The highest BCUT2D eigenvalue weighted by molar-refractivity contribution is 5.95. The van der Waals surface area contributed by atoms with E-state index in [1.54, 1.807) is 25.3 Å². The Labute approximate surface area is 121 Å². The van der Waals surface area contributed by atoms with Crippen LogP contribution in [-0.4, -0.2) is 4.98 Å². The smallest absolute Gasteiger partial charge is 0.126 e. The molecule has 0 amide bonds. The molecule has 1 aromatic heterocycles. The van der Waals surface area contributed by atoms with Gasteiger partial charge in [0, 0.05) is 17.3 Å². The van der Waals surface area contributed by atoms with Crippen LogP contribution in [0.2, 0.25) is 0 Å². The molecule has 3 aromatic rings. The van der Waals surface area contributed by atoms with Gasteiger partial charge in [-0.25, -0.2) is 4.39 Å². The summed E-state index contributed by atoms with van der Waals surface area (Å²) >= 11 is 0. The largest absolute Gasteiger partial charge is 0.354 e. The van der Waals surface area contributed by atoms with Gasteiger partial charge in [-0.15, -0.1) is 0 Å². The van der Waals surface area contributed by atoms with Gasteiger partial charge in [0.2, 0.25) is 0 Å². The topological polar surface area (TPSA) is 48.7 Å². The minimum atomic E-state index is -0.249. The molecule has 3 nitrogen and oxygen atoms in total. The monoisotopic (exact) mass is 277 g/mol. The molecule has 0 saturated carbocycles. The van der Waals surface area contributed by atoms with Gasteiger partial charge in [-0.1, -0.05) is 18.2 Å². The van der Waals surface area contributed by atoms with E-state index in [9.17, 15) is 9.65 Å². The standard InChI is InChI=1S/C17H12FN3/c1-11-8-13(6-7-15(11)18)21-17-12(9-19)10-20-16-5-3-2-4-14(16)17/h2-8,10H,1H3,(H,20,21). The predicted octanol–water partition coefficient (Wildman–Crippen LogP) is 4.30. The SMILES string of the molecule is Cc1cc(Nc2c(C#N)cnc3ccccc23)ccc1F. The predicted molar refractivity (Wildman–Crippen MR) is 80.9 cm³/mol. The molecule has 0 radical (unpaired) electrons. The van der Waals surface area contributed by atoms with Crippen molar-refractivity contribution in [2.75, 3.05) is 5.32 Å². The van der Waals surface area contributed by atoms with E-state index in [-0.39, 0.29) is 5.82 Å². The first-order chi connectivity index (χ1) is 10.2. The number of hydrogen-bond acceptors (Lipinski definition) is 3. The van der Waals surface area contributed by atoms with Crippen LogP contribution in [0.15, 0.2) is 48.7 Å². The lowest BCUT2D eigenvalue weighted by Gasteiger charge is -2.12. The Balaban J connectivity index is 2.14. The van der Waals surface area contributed by atoms with Gasteiger partial charge in [-0.3, -0.25) is 4.98 Å². The summed E-state index contributed by atoms with van der Waals surface area (Å²) in [6.07, 6.45) is 1.54. The number of anilines is 2. The van der Waals surface area contributed by atoms with Crippen LogP contribution in [0.4, 0.5) is 15.8 Å². The molecule has 1 heterocycles. The zero-order valence-corrected chi connectivity index (χ0v) is 11.4. The zero-order valence-electron chi connectivity index (χ0n) is 11.4. The number of fused-ring (bicyclic) bond motifs is 1. The Bertz CT molecular complexity index is 866. The summed E-state index contributed by atoms with van der Waals surface area (Å²) in [7, 11) is 0. The fourth-order valence-electron chi connectivity index (χ4n) is 2.23. The third-order valence-corrected chi connectivity index (χ3v) is 3.32. The quantitative estimate of drug-likeness (QED) is 0.759. The van der Waals surface area contributed by atoms with Crippen molar-refractivity contribution in [3.8, 4) is 6.07 Å². The number of aromatic nitrogens is 1. The van der Waals surface area contributed by atoms with Crippen LogP contribution in [0.3, 0.4) is 0 Å². The first kappa shape index (κ1) is 13.1. The normalized spacial score (nSPS) is 10.3. The second-order valence-corrected chi connectivity index (χ2v) is 4.76. The van der Waals surface area contributed by atoms with E-state index < -0.39 is 0 Å². The summed E-state index contributed by atoms with van der Waals surface area (Å²) in [5, 5.41) is 13.3. The lowest BCUT2D eigenvalue weighted by atomic mass is 10.1. The molecule has 2 aromatic carbocycles. The Morgan fingerprint density at radius 1 is 1.19 bits per heavy atom. The minimum Gasteiger partial charge on any atom is -0.354 e. The van der Waals surface area contributed by atoms with Crippen molar-refractivity contribution in [3.05, 3.63) is 65.6 Å². The third kappa shape index (κ3) is 2.41. The van der Waals surface area contributed by atoms with Crippen molar-refractivity contribution in [1.82, 2.24) is 4.98 Å². The first-order valence-corrected chi connectivity index (χ1v) is 6.50. The molecule has 102 valence electrons. The van der Waals surface area contributed by atoms with E-state index in [4.69, 9.17) is 0 Å². The molecular formula is C17H12FN3. The van der Waals surface area contributed by atoms with Crippen molar-refractivity contribution in [2.24, 2.45) is 0 Å². The van der Waals surface area contributed by atoms with Gasteiger partial charge in [0.25, 0.3) is 0 Å². The molecule has 0 saturated heterocycles. The Hall–Kier alpha value is -2.93. The number of para-hydroxylation sites is 1. The molecule has 0 aliphatic heterocycles. The van der Waals surface area contributed by atoms with Crippen molar-refractivity contribution in [1.29, 1.82) is 5.26 Å². The Morgan fingerprint density at radius 3 is 2.76 bits per heavy atom. The molecule has 0 aliphatic rings. The summed E-state index contributed by atoms with van der Waals surface area (Å²) < 4.78 is 13.3. The summed E-state index contributed by atoms with van der Waals surface area (Å²) in [6, 6.07) is 14.5. The highest BCUT2D eigenvalue weighted by atomic mass is 19.1. The summed E-state index contributed by atoms with van der Waals surface area (Å²) in [5.41, 5.74) is 3.24. The highest BCUT2D eigenvalue weighted by Gasteiger charge is 2.09. The molecule has 0 unspecified atom stereocenters. The molecule has 0 atom stereocenters. The van der Waals surface area contributed by atoms with Gasteiger partial charge in [0.05, 0.1) is 16.8 Å². The van der Waals surface area contributed by atoms with E-state index in [1.165, 1.54) is 6.07 Å². The second kappa shape index (κ2) is 5.22. The van der Waals surface area contributed by atoms with Crippen molar-refractivity contribution in [3.63, 3.8) is 0 Å². The Morgan fingerprint density at radius 2 is 2.00 bits per heavy atom. The van der Waals surface area contributed by atoms with Crippen LogP contribution in [0, 0.1) is 24.1 Å². The first-order valence-electron chi connectivity index (χ1n) is 6.50. The molecular weight excluding hydrogens is 265 g/mol. The van der Waals surface area contributed by atoms with Crippen LogP contribution in [0.1, 0.15) is 11.1 Å². The maximum atomic E-state index is 13.3. The van der Waals surface area contributed by atoms with Gasteiger partial charge in [-0.2, -0.15) is 5.26 Å². The number of rotatable bonds is 2. The molecule has 4 heteroatoms. The average molecular weight is 277 g/mol. The second-order valence-electron chi connectivity index (χ2n) is 4.76. The van der Waals surface area contributed by atoms with E-state index >= 15 is 0 Å². The number of aryl methyl sites for hydroxylation is 1. The molecule has 21 heavy (non-hydrogen) atoms. The average Bonchev–Trinajstić information content (AvgIpc) is 2.51. The van der Waals surface area contributed by atoms with Crippen molar-refractivity contribution in [2.45, 2.75) is 6.92 Å². The fourth-order valence-corrected chi connectivity index (χ4v) is 2.23. The fraction of sp³-hybridized carbons (Fsp3) is 0.0588. The lowest BCUT2D eigenvalue weighted by Crippen LogP contribution is -1.97. The number of nitriles is 1. The maximum Gasteiger partial charge on any atom is 0.126 e. The van der Waals surface area contributed by atoms with Crippen LogP contribution in [0.5, 0.6) is 0 Å². The minimum absolute atomic E-state index is 0.249. The van der Waals surface area contributed by atoms with E-state index in [0.717, 1.165) is 16.6 Å². The van der Waals surface area contributed by atoms with Gasteiger partial charge in [0.15, 0.2) is 0 Å². The molecule has 0 fully saturated rings. The number of nitrogens with zero attached hydrogens (tertiary/aromatic N) is 2. The van der Waals surface area contributed by atoms with Crippen LogP contribution in [0.25, 0.3) is 10.9 Å². The van der Waals surface area contributed by atoms with Gasteiger partial charge >= 0.3 is 0 Å². The summed E-state index contributed by atoms with van der Waals surface area (Å²) in [4.78, 5) is 4.26. The van der Waals surface area contributed by atoms with E-state index in [0.29, 0.717) is 16.8 Å².